The fourth-order valence-corrected chi connectivity index (χ4v) is 7.85. The lowest BCUT2D eigenvalue weighted by atomic mass is 10.0. The summed E-state index contributed by atoms with van der Waals surface area (Å²) < 4.78 is 62.5. The number of hydrogen-bond donors (Lipinski definition) is 1. The summed E-state index contributed by atoms with van der Waals surface area (Å²) in [4.78, 5) is 43.9. The van der Waals surface area contributed by atoms with Crippen LogP contribution in [0.3, 0.4) is 0 Å². The fourth-order valence-electron chi connectivity index (χ4n) is 6.95. The van der Waals surface area contributed by atoms with Crippen LogP contribution in [0.15, 0.2) is 197 Å². The zero-order valence-corrected chi connectivity index (χ0v) is 35.9. The van der Waals surface area contributed by atoms with Crippen LogP contribution in [0, 0.1) is 18.6 Å². The van der Waals surface area contributed by atoms with Crippen molar-refractivity contribution in [2.24, 2.45) is 0 Å². The van der Waals surface area contributed by atoms with Gasteiger partial charge in [-0.1, -0.05) is 85.8 Å². The van der Waals surface area contributed by atoms with E-state index in [1.807, 2.05) is 6.92 Å². The minimum atomic E-state index is -3.98. The molecule has 9 aromatic rings. The maximum absolute atomic E-state index is 14.7. The largest absolute Gasteiger partial charge is 0.392 e. The first-order chi connectivity index (χ1) is 32.0. The summed E-state index contributed by atoms with van der Waals surface area (Å²) in [7, 11) is -3.98. The fraction of sp³-hybridized carbons (Fsp3) is 0.0769. The molecule has 0 atom stereocenters. The van der Waals surface area contributed by atoms with E-state index in [2.05, 4.69) is 19.9 Å². The molecule has 0 aliphatic rings. The van der Waals surface area contributed by atoms with Gasteiger partial charge in [0.2, 0.25) is 0 Å². The number of hydrogen-bond acceptors (Lipinski definition) is 10. The van der Waals surface area contributed by atoms with Crippen molar-refractivity contribution < 1.29 is 26.5 Å². The van der Waals surface area contributed by atoms with E-state index >= 15 is 0 Å². The predicted molar refractivity (Wildman–Crippen MR) is 253 cm³/mol. The van der Waals surface area contributed by atoms with Gasteiger partial charge < -0.3 is 5.11 Å². The Morgan fingerprint density at radius 2 is 1.00 bits per heavy atom. The standard InChI is InChI=1S/C29H22FN3O4S.C22H16FN3O2.CH4/c1-20-10-12-24(13-11-20)38(35,36)37-19-21-6-4-7-23(16-21)33-18-22(28-31-14-5-15-32-28)17-26(29(33)34)25-8-2-3-9-27(25)30;23-20-8-2-1-7-18(20)19-12-16(21-24-9-4-10-25-21)13-26(22(19)28)17-6-3-5-15(11-17)14-27;/h2-18H,19H2,1H3;1-13,27H,14H2;1H4. The van der Waals surface area contributed by atoms with Gasteiger partial charge in [-0.3, -0.25) is 22.9 Å². The third-order valence-electron chi connectivity index (χ3n) is 10.3. The van der Waals surface area contributed by atoms with Crippen molar-refractivity contribution in [1.29, 1.82) is 0 Å². The third-order valence-corrected chi connectivity index (χ3v) is 11.5. The van der Waals surface area contributed by atoms with E-state index in [1.54, 1.807) is 152 Å². The number of aliphatic hydroxyl groups excluding tert-OH is 1. The molecular formula is C52H42F2N6O6S. The van der Waals surface area contributed by atoms with Crippen molar-refractivity contribution in [2.45, 2.75) is 32.5 Å². The summed E-state index contributed by atoms with van der Waals surface area (Å²) in [5.74, 6) is -0.234. The molecule has 12 nitrogen and oxygen atoms in total. The van der Waals surface area contributed by atoms with Crippen LogP contribution in [0.2, 0.25) is 0 Å². The number of rotatable bonds is 11. The second-order valence-corrected chi connectivity index (χ2v) is 16.4. The quantitative estimate of drug-likeness (QED) is 0.124. The van der Waals surface area contributed by atoms with Gasteiger partial charge in [-0.25, -0.2) is 28.7 Å². The molecule has 4 heterocycles. The SMILES string of the molecule is C.Cc1ccc(S(=O)(=O)OCc2cccc(-n3cc(-c4ncccn4)cc(-c4ccccc4F)c3=O)c2)cc1.O=c1c(-c2ccccc2F)cc(-c2ncccn2)cn1-c1cccc(CO)c1. The summed E-state index contributed by atoms with van der Waals surface area (Å²) in [6.45, 7) is 1.48. The van der Waals surface area contributed by atoms with Gasteiger partial charge in [0.25, 0.3) is 21.2 Å². The van der Waals surface area contributed by atoms with Crippen LogP contribution < -0.4 is 11.1 Å². The lowest BCUT2D eigenvalue weighted by molar-refractivity contribution is 0.282. The molecule has 0 radical (unpaired) electrons. The van der Waals surface area contributed by atoms with Crippen LogP contribution in [0.1, 0.15) is 24.1 Å². The molecule has 9 rings (SSSR count). The van der Waals surface area contributed by atoms with Gasteiger partial charge in [-0.05, 0) is 90.8 Å². The summed E-state index contributed by atoms with van der Waals surface area (Å²) in [6, 6.07) is 38.8. The summed E-state index contributed by atoms with van der Waals surface area (Å²) in [5.41, 5.74) is 4.07. The van der Waals surface area contributed by atoms with Crippen LogP contribution >= 0.6 is 0 Å². The number of aromatic nitrogens is 6. The lowest BCUT2D eigenvalue weighted by Gasteiger charge is -2.13. The Kier molecular flexibility index (Phi) is 14.6. The van der Waals surface area contributed by atoms with Gasteiger partial charge in [0.15, 0.2) is 11.6 Å². The Hall–Kier alpha value is -8.11. The number of benzene rings is 5. The average Bonchev–Trinajstić information content (AvgIpc) is 3.35. The third kappa shape index (κ3) is 10.7. The van der Waals surface area contributed by atoms with Crippen molar-refractivity contribution in [3.63, 3.8) is 0 Å². The Balaban J connectivity index is 0.000000205. The van der Waals surface area contributed by atoms with E-state index < -0.39 is 27.3 Å². The summed E-state index contributed by atoms with van der Waals surface area (Å²) in [5, 5.41) is 9.42. The highest BCUT2D eigenvalue weighted by molar-refractivity contribution is 7.86. The molecule has 0 bridgehead atoms. The van der Waals surface area contributed by atoms with Crippen LogP contribution in [0.25, 0.3) is 56.4 Å². The van der Waals surface area contributed by atoms with E-state index in [1.165, 1.54) is 39.5 Å². The van der Waals surface area contributed by atoms with E-state index in [0.717, 1.165) is 5.56 Å². The molecule has 0 fully saturated rings. The monoisotopic (exact) mass is 916 g/mol. The number of nitrogens with zero attached hydrogens (tertiary/aromatic N) is 6. The minimum Gasteiger partial charge on any atom is -0.392 e. The molecule has 0 aliphatic heterocycles. The van der Waals surface area contributed by atoms with Gasteiger partial charge in [-0.15, -0.1) is 0 Å². The van der Waals surface area contributed by atoms with Gasteiger partial charge in [0.1, 0.15) is 11.6 Å². The number of pyridine rings is 2. The topological polar surface area (TPSA) is 159 Å². The van der Waals surface area contributed by atoms with Crippen molar-refractivity contribution in [2.75, 3.05) is 0 Å². The molecular weight excluding hydrogens is 875 g/mol. The highest BCUT2D eigenvalue weighted by atomic mass is 32.2. The van der Waals surface area contributed by atoms with Gasteiger partial charge in [0, 0.05) is 70.8 Å². The zero-order chi connectivity index (χ0) is 46.2. The Morgan fingerprint density at radius 3 is 1.46 bits per heavy atom. The smallest absolute Gasteiger partial charge is 0.297 e. The summed E-state index contributed by atoms with van der Waals surface area (Å²) >= 11 is 0. The molecule has 67 heavy (non-hydrogen) atoms. The van der Waals surface area contributed by atoms with E-state index in [4.69, 9.17) is 4.18 Å². The lowest BCUT2D eigenvalue weighted by Crippen LogP contribution is -2.20. The van der Waals surface area contributed by atoms with Gasteiger partial charge in [-0.2, -0.15) is 8.42 Å². The van der Waals surface area contributed by atoms with Gasteiger partial charge >= 0.3 is 0 Å². The van der Waals surface area contributed by atoms with E-state index in [0.29, 0.717) is 45.3 Å². The molecule has 0 spiro atoms. The normalized spacial score (nSPS) is 11.0. The first-order valence-corrected chi connectivity index (χ1v) is 21.7. The Morgan fingerprint density at radius 1 is 0.552 bits per heavy atom. The maximum atomic E-state index is 14.7. The Bertz CT molecular complexity index is 3410. The second-order valence-electron chi connectivity index (χ2n) is 14.8. The molecule has 0 amide bonds. The molecule has 5 aromatic carbocycles. The van der Waals surface area contributed by atoms with Crippen LogP contribution in [-0.2, 0) is 27.5 Å². The molecule has 0 unspecified atom stereocenters. The molecule has 0 saturated heterocycles. The highest BCUT2D eigenvalue weighted by Gasteiger charge is 2.19. The molecule has 0 saturated carbocycles. The van der Waals surface area contributed by atoms with E-state index in [9.17, 15) is 31.9 Å². The predicted octanol–water partition coefficient (Wildman–Crippen LogP) is 9.54. The number of aryl methyl sites for hydroxylation is 1. The van der Waals surface area contributed by atoms with Crippen molar-refractivity contribution in [3.05, 3.63) is 232 Å². The maximum Gasteiger partial charge on any atom is 0.297 e. The number of halogens is 2. The van der Waals surface area contributed by atoms with E-state index in [-0.39, 0.29) is 53.3 Å². The van der Waals surface area contributed by atoms with Crippen molar-refractivity contribution in [1.82, 2.24) is 29.1 Å². The van der Waals surface area contributed by atoms with Crippen molar-refractivity contribution >= 4 is 10.1 Å². The highest BCUT2D eigenvalue weighted by Crippen LogP contribution is 2.27. The van der Waals surface area contributed by atoms with Crippen molar-refractivity contribution in [3.8, 4) is 56.4 Å². The molecule has 0 aliphatic carbocycles. The molecule has 4 aromatic heterocycles. The second kappa shape index (κ2) is 20.8. The summed E-state index contributed by atoms with van der Waals surface area (Å²) in [6.07, 6.45) is 9.56. The first-order valence-electron chi connectivity index (χ1n) is 20.3. The average molecular weight is 917 g/mol. The minimum absolute atomic E-state index is 0. The van der Waals surface area contributed by atoms with Crippen LogP contribution in [-0.4, -0.2) is 42.6 Å². The number of aliphatic hydroxyl groups is 1. The Labute approximate surface area is 384 Å². The molecule has 1 N–H and O–H groups in total. The first kappa shape index (κ1) is 46.9. The zero-order valence-electron chi connectivity index (χ0n) is 35.1. The molecule has 15 heteroatoms. The molecule has 336 valence electrons. The van der Waals surface area contributed by atoms with Crippen LogP contribution in [0.4, 0.5) is 8.78 Å². The van der Waals surface area contributed by atoms with Crippen LogP contribution in [0.5, 0.6) is 0 Å². The van der Waals surface area contributed by atoms with Gasteiger partial charge in [0.05, 0.1) is 29.2 Å².